The molecule has 0 aromatic heterocycles. The molecule has 20 heteroatoms. The van der Waals surface area contributed by atoms with Crippen LogP contribution in [0.15, 0.2) is 107 Å². The summed E-state index contributed by atoms with van der Waals surface area (Å²) in [6, 6.07) is 28.6. The summed E-state index contributed by atoms with van der Waals surface area (Å²) in [4.78, 5) is 108. The lowest BCUT2D eigenvalue weighted by Gasteiger charge is -2.23. The highest BCUT2D eigenvalue weighted by molar-refractivity contribution is 8.04. The highest BCUT2D eigenvalue weighted by Crippen LogP contribution is 2.43. The van der Waals surface area contributed by atoms with Gasteiger partial charge in [0.15, 0.2) is 23.0 Å². The summed E-state index contributed by atoms with van der Waals surface area (Å²) in [5, 5.41) is 3.23. The molecule has 0 radical (unpaired) electrons. The fourth-order valence-corrected chi connectivity index (χ4v) is 12.1. The number of nitrogens with zero attached hydrogens (tertiary/aromatic N) is 6. The summed E-state index contributed by atoms with van der Waals surface area (Å²) in [6.45, 7) is 5.33. The third-order valence-electron chi connectivity index (χ3n) is 14.9. The first-order valence-electron chi connectivity index (χ1n) is 26.1. The minimum atomic E-state index is -0.897. The average Bonchev–Trinajstić information content (AvgIpc) is 4.15. The van der Waals surface area contributed by atoms with E-state index in [1.165, 1.54) is 18.9 Å². The standard InChI is InChI=1S/C59H57N7O12S/c1-34(79-52-29-55(69)63(59(52)73)19-17-56(70)78-66-53(67)15-16-54(66)68)10-9-18-62(2)39-21-35(32-76-50-27-44-42(25-48(50)74-3)57(71)64-40(30-60-44)23-37-11-5-7-13-46(37)64)20-36(22-39)33-77-51-28-45-43(26-49(51)75-4)58(72)65-41(31-61-45)24-38-12-6-8-14-47(38)65/h5-8,11-14,20-22,25-28,30,40-41,52,61H,1,9-10,15-19,23-24,29,31-33H2,2-4H3/t40-,41-,52?/m0/s1. The van der Waals surface area contributed by atoms with E-state index in [0.29, 0.717) is 87.8 Å². The maximum atomic E-state index is 14.2. The van der Waals surface area contributed by atoms with Gasteiger partial charge in [-0.1, -0.05) is 43.0 Å². The minimum absolute atomic E-state index is 0.0445. The quantitative estimate of drug-likeness (QED) is 0.0786. The third kappa shape index (κ3) is 10.5. The van der Waals surface area contributed by atoms with Crippen LogP contribution < -0.4 is 39.0 Å². The van der Waals surface area contributed by atoms with Crippen molar-refractivity contribution in [3.8, 4) is 23.0 Å². The number of amides is 6. The van der Waals surface area contributed by atoms with Gasteiger partial charge in [-0.3, -0.25) is 43.6 Å². The van der Waals surface area contributed by atoms with Crippen LogP contribution >= 0.6 is 11.8 Å². The van der Waals surface area contributed by atoms with Crippen LogP contribution in [0.3, 0.4) is 0 Å². The van der Waals surface area contributed by atoms with Gasteiger partial charge in [-0.15, -0.1) is 16.8 Å². The number of hydrogen-bond donors (Lipinski definition) is 1. The number of fused-ring (bicyclic) bond motifs is 8. The SMILES string of the molecule is C=C(CCCN(C)c1cc(COc2cc3c(cc2OC)C(=O)N2c4ccccc4C[C@H]2C=N3)cc(COc2cc3c(cc2OC)C(=O)N2c4ccccc4C[C@H]2CN3)c1)SC1CC(=O)N(CCC(=O)ON2C(=O)CCC2=O)C1=O. The lowest BCUT2D eigenvalue weighted by Crippen LogP contribution is -2.39. The second kappa shape index (κ2) is 22.0. The van der Waals surface area contributed by atoms with Gasteiger partial charge in [0.2, 0.25) is 11.8 Å². The van der Waals surface area contributed by atoms with E-state index in [2.05, 4.69) is 22.9 Å². The van der Waals surface area contributed by atoms with Gasteiger partial charge >= 0.3 is 5.97 Å². The van der Waals surface area contributed by atoms with Crippen LogP contribution in [0.1, 0.15) is 81.5 Å². The van der Waals surface area contributed by atoms with Crippen LogP contribution in [0.25, 0.3) is 0 Å². The Labute approximate surface area is 460 Å². The molecule has 79 heavy (non-hydrogen) atoms. The summed E-state index contributed by atoms with van der Waals surface area (Å²) < 4.78 is 24.7. The number of hydroxylamine groups is 2. The van der Waals surface area contributed by atoms with Gasteiger partial charge in [0.25, 0.3) is 23.6 Å². The summed E-state index contributed by atoms with van der Waals surface area (Å²) in [6.07, 6.45) is 3.88. The number of rotatable bonds is 19. The van der Waals surface area contributed by atoms with Crippen molar-refractivity contribution in [1.82, 2.24) is 9.96 Å². The normalized spacial score (nSPS) is 18.7. The third-order valence-corrected chi connectivity index (χ3v) is 16.1. The van der Waals surface area contributed by atoms with Crippen LogP contribution in [-0.2, 0) is 54.9 Å². The van der Waals surface area contributed by atoms with Gasteiger partial charge in [0.05, 0.1) is 60.5 Å². The molecule has 19 nitrogen and oxygen atoms in total. The molecule has 6 aliphatic heterocycles. The molecule has 3 atom stereocenters. The van der Waals surface area contributed by atoms with E-state index in [0.717, 1.165) is 50.6 Å². The number of allylic oxidation sites excluding steroid dienone is 1. The Morgan fingerprint density at radius 2 is 1.37 bits per heavy atom. The number of methoxy groups -OCH3 is 2. The van der Waals surface area contributed by atoms with Crippen molar-refractivity contribution >= 4 is 87.8 Å². The van der Waals surface area contributed by atoms with Crippen molar-refractivity contribution in [1.29, 1.82) is 0 Å². The average molecular weight is 1090 g/mol. The largest absolute Gasteiger partial charge is 0.493 e. The molecule has 11 rings (SSSR count). The number of carbonyl (C=O) groups is 7. The van der Waals surface area contributed by atoms with Gasteiger partial charge in [-0.25, -0.2) is 4.79 Å². The molecule has 5 aromatic carbocycles. The van der Waals surface area contributed by atoms with E-state index >= 15 is 0 Å². The fraction of sp³-hybridized carbons (Fsp3) is 0.322. The molecule has 1 N–H and O–H groups in total. The number of anilines is 4. The lowest BCUT2D eigenvalue weighted by molar-refractivity contribution is -0.197. The Balaban J connectivity index is 0.782. The van der Waals surface area contributed by atoms with Crippen LogP contribution in [0.5, 0.6) is 23.0 Å². The Bertz CT molecular complexity index is 3380. The predicted octanol–water partition coefficient (Wildman–Crippen LogP) is 7.73. The van der Waals surface area contributed by atoms with Crippen molar-refractivity contribution in [3.63, 3.8) is 0 Å². The zero-order valence-corrected chi connectivity index (χ0v) is 44.7. The van der Waals surface area contributed by atoms with Gasteiger partial charge < -0.3 is 38.9 Å². The van der Waals surface area contributed by atoms with E-state index in [-0.39, 0.29) is 69.3 Å². The van der Waals surface area contributed by atoms with Crippen LogP contribution in [-0.4, -0.2) is 116 Å². The Kier molecular flexibility index (Phi) is 14.6. The van der Waals surface area contributed by atoms with Crippen molar-refractivity contribution in [2.75, 3.05) is 60.9 Å². The maximum absolute atomic E-state index is 14.2. The molecule has 0 aliphatic carbocycles. The Morgan fingerprint density at radius 3 is 2.06 bits per heavy atom. The first kappa shape index (κ1) is 52.4. The van der Waals surface area contributed by atoms with E-state index in [4.69, 9.17) is 28.8 Å². The number of carbonyl (C=O) groups excluding carboxylic acids is 7. The second-order valence-corrected chi connectivity index (χ2v) is 21.5. The number of nitrogens with one attached hydrogen (secondary N) is 1. The molecule has 0 spiro atoms. The first-order chi connectivity index (χ1) is 38.2. The zero-order valence-electron chi connectivity index (χ0n) is 43.9. The predicted molar refractivity (Wildman–Crippen MR) is 295 cm³/mol. The molecule has 2 saturated heterocycles. The van der Waals surface area contributed by atoms with E-state index in [1.54, 1.807) is 30.2 Å². The molecule has 6 heterocycles. The smallest absolute Gasteiger partial charge is 0.335 e. The van der Waals surface area contributed by atoms with Gasteiger partial charge in [-0.05, 0) is 88.9 Å². The number of para-hydroxylation sites is 2. The fourth-order valence-electron chi connectivity index (χ4n) is 10.9. The maximum Gasteiger partial charge on any atom is 0.335 e. The Hall–Kier alpha value is -8.65. The minimum Gasteiger partial charge on any atom is -0.493 e. The molecule has 2 fully saturated rings. The number of hydrogen-bond acceptors (Lipinski definition) is 16. The van der Waals surface area contributed by atoms with Crippen LogP contribution in [0, 0.1) is 0 Å². The summed E-state index contributed by atoms with van der Waals surface area (Å²) in [7, 11) is 5.04. The van der Waals surface area contributed by atoms with Crippen molar-refractivity contribution < 1.29 is 57.3 Å². The number of likely N-dealkylation sites (tertiary alicyclic amines) is 1. The molecule has 0 saturated carbocycles. The number of ether oxygens (including phenoxy) is 4. The molecule has 6 aliphatic rings. The molecule has 1 unspecified atom stereocenters. The summed E-state index contributed by atoms with van der Waals surface area (Å²) >= 11 is 1.23. The highest BCUT2D eigenvalue weighted by atomic mass is 32.2. The molecular formula is C59H57N7O12S. The number of imide groups is 2. The summed E-state index contributed by atoms with van der Waals surface area (Å²) in [5.41, 5.74) is 8.48. The second-order valence-electron chi connectivity index (χ2n) is 20.1. The van der Waals surface area contributed by atoms with Crippen molar-refractivity contribution in [3.05, 3.63) is 136 Å². The van der Waals surface area contributed by atoms with Gasteiger partial charge in [0, 0.05) is 87.8 Å². The molecular weight excluding hydrogens is 1030 g/mol. The first-order valence-corrected chi connectivity index (χ1v) is 27.0. The summed E-state index contributed by atoms with van der Waals surface area (Å²) in [5.74, 6) is -1.66. The molecule has 406 valence electrons. The van der Waals surface area contributed by atoms with E-state index < -0.39 is 34.8 Å². The Morgan fingerprint density at radius 1 is 0.734 bits per heavy atom. The number of benzene rings is 5. The van der Waals surface area contributed by atoms with Crippen LogP contribution in [0.2, 0.25) is 0 Å². The van der Waals surface area contributed by atoms with E-state index in [9.17, 15) is 33.6 Å². The number of aliphatic imine (C=N–C) groups is 1. The molecule has 0 bridgehead atoms. The molecule has 6 amide bonds. The lowest BCUT2D eigenvalue weighted by atomic mass is 10.1. The van der Waals surface area contributed by atoms with Gasteiger partial charge in [-0.2, -0.15) is 0 Å². The van der Waals surface area contributed by atoms with Crippen molar-refractivity contribution in [2.45, 2.75) is 81.9 Å². The highest BCUT2D eigenvalue weighted by Gasteiger charge is 2.41. The topological polar surface area (TPSA) is 206 Å². The number of thioether (sulfide) groups is 1. The molecule has 5 aromatic rings. The van der Waals surface area contributed by atoms with Crippen LogP contribution in [0.4, 0.5) is 28.4 Å². The monoisotopic (exact) mass is 1090 g/mol. The zero-order chi connectivity index (χ0) is 55.1. The van der Waals surface area contributed by atoms with Gasteiger partial charge in [0.1, 0.15) is 13.2 Å². The van der Waals surface area contributed by atoms with Crippen molar-refractivity contribution in [2.24, 2.45) is 4.99 Å². The van der Waals surface area contributed by atoms with E-state index in [1.807, 2.05) is 84.9 Å².